The minimum absolute atomic E-state index is 0.000882. The predicted octanol–water partition coefficient (Wildman–Crippen LogP) is 2.86. The summed E-state index contributed by atoms with van der Waals surface area (Å²) in [6, 6.07) is 1.54. The number of halogens is 3. The summed E-state index contributed by atoms with van der Waals surface area (Å²) in [5.41, 5.74) is -1.31. The number of nitrogens with zero attached hydrogens (tertiary/aromatic N) is 4. The number of rotatable bonds is 4. The van der Waals surface area contributed by atoms with E-state index >= 15 is 0 Å². The number of allylic oxidation sites excluding steroid dienone is 3. The lowest BCUT2D eigenvalue weighted by molar-refractivity contribution is -0.119. The summed E-state index contributed by atoms with van der Waals surface area (Å²) in [5, 5.41) is 11.5. The SMILES string of the molecule is COc1ncc(NC(=O)C2=C(C(F)(F)F)C(C3=CC=CC4C(=O)N=CC=C34)N=C2)cc1C#N. The third-order valence-electron chi connectivity index (χ3n) is 5.15. The van der Waals surface area contributed by atoms with Crippen LogP contribution in [0.5, 0.6) is 5.88 Å². The summed E-state index contributed by atoms with van der Waals surface area (Å²) < 4.78 is 47.2. The van der Waals surface area contributed by atoms with E-state index in [1.54, 1.807) is 6.08 Å². The summed E-state index contributed by atoms with van der Waals surface area (Å²) in [5.74, 6) is -2.35. The third-order valence-corrected chi connectivity index (χ3v) is 5.15. The Bertz CT molecular complexity index is 1280. The van der Waals surface area contributed by atoms with Gasteiger partial charge in [-0.15, -0.1) is 0 Å². The van der Waals surface area contributed by atoms with Crippen LogP contribution in [0, 0.1) is 17.2 Å². The van der Waals surface area contributed by atoms with E-state index in [1.807, 2.05) is 6.07 Å². The number of hydrogen-bond acceptors (Lipinski definition) is 6. The minimum Gasteiger partial charge on any atom is -0.480 e. The Morgan fingerprint density at radius 3 is 2.76 bits per heavy atom. The topological polar surface area (TPSA) is 117 Å². The third kappa shape index (κ3) is 3.98. The molecule has 0 spiro atoms. The van der Waals surface area contributed by atoms with Gasteiger partial charge in [-0.3, -0.25) is 14.6 Å². The van der Waals surface area contributed by atoms with Crippen molar-refractivity contribution in [2.75, 3.05) is 12.4 Å². The molecule has 2 aliphatic heterocycles. The molecule has 1 N–H and O–H groups in total. The van der Waals surface area contributed by atoms with Crippen molar-refractivity contribution in [3.05, 3.63) is 64.4 Å². The van der Waals surface area contributed by atoms with Crippen molar-refractivity contribution in [1.29, 1.82) is 5.26 Å². The first-order chi connectivity index (χ1) is 15.7. The predicted molar refractivity (Wildman–Crippen MR) is 112 cm³/mol. The lowest BCUT2D eigenvalue weighted by Crippen LogP contribution is -2.30. The zero-order chi connectivity index (χ0) is 23.8. The van der Waals surface area contributed by atoms with Crippen LogP contribution in [0.4, 0.5) is 18.9 Å². The molecular weight excluding hydrogens is 439 g/mol. The van der Waals surface area contributed by atoms with Crippen LogP contribution < -0.4 is 10.1 Å². The van der Waals surface area contributed by atoms with Gasteiger partial charge in [-0.2, -0.15) is 18.4 Å². The van der Waals surface area contributed by atoms with Gasteiger partial charge in [0.25, 0.3) is 11.8 Å². The Balaban J connectivity index is 1.70. The average Bonchev–Trinajstić information content (AvgIpc) is 3.25. The lowest BCUT2D eigenvalue weighted by atomic mass is 9.80. The maximum Gasteiger partial charge on any atom is 0.415 e. The Hall–Kier alpha value is -4.33. The van der Waals surface area contributed by atoms with Crippen LogP contribution in [0.1, 0.15) is 5.56 Å². The molecule has 8 nitrogen and oxygen atoms in total. The zero-order valence-electron chi connectivity index (χ0n) is 16.9. The maximum atomic E-state index is 14.1. The molecule has 0 radical (unpaired) electrons. The number of fused-ring (bicyclic) bond motifs is 1. The van der Waals surface area contributed by atoms with Gasteiger partial charge in [-0.05, 0) is 23.3 Å². The number of alkyl halides is 3. The van der Waals surface area contributed by atoms with Gasteiger partial charge in [0.2, 0.25) is 5.88 Å². The lowest BCUT2D eigenvalue weighted by Gasteiger charge is -2.27. The van der Waals surface area contributed by atoms with Gasteiger partial charge in [-0.25, -0.2) is 9.98 Å². The number of amides is 2. The van der Waals surface area contributed by atoms with E-state index in [2.05, 4.69) is 20.3 Å². The standard InChI is InChI=1S/C22H14F3N5O3/c1-33-21-11(8-26)7-12(9-29-21)30-20(32)16-10-28-18(17(16)22(23,24)25)14-3-2-4-15-13(14)5-6-27-19(15)31/h2-7,9-10,15,18H,1H3,(H,30,32). The first-order valence-electron chi connectivity index (χ1n) is 9.51. The van der Waals surface area contributed by atoms with Crippen molar-refractivity contribution in [3.63, 3.8) is 0 Å². The number of nitrogens with one attached hydrogen (secondary N) is 1. The van der Waals surface area contributed by atoms with Crippen LogP contribution >= 0.6 is 0 Å². The number of ether oxygens (including phenoxy) is 1. The zero-order valence-corrected chi connectivity index (χ0v) is 16.9. The normalized spacial score (nSPS) is 21.4. The molecule has 2 unspecified atom stereocenters. The molecule has 1 aromatic rings. The first kappa shape index (κ1) is 21.9. The summed E-state index contributed by atoms with van der Waals surface area (Å²) in [4.78, 5) is 36.3. The molecule has 0 aromatic carbocycles. The summed E-state index contributed by atoms with van der Waals surface area (Å²) in [6.07, 6.45) is 4.29. The molecule has 1 aliphatic carbocycles. The molecule has 11 heteroatoms. The molecule has 2 amide bonds. The molecule has 3 heterocycles. The Morgan fingerprint density at radius 2 is 2.06 bits per heavy atom. The molecule has 0 saturated carbocycles. The van der Waals surface area contributed by atoms with Crippen molar-refractivity contribution < 1.29 is 27.5 Å². The molecule has 3 aliphatic rings. The molecule has 0 fully saturated rings. The van der Waals surface area contributed by atoms with Crippen LogP contribution in [0.25, 0.3) is 0 Å². The van der Waals surface area contributed by atoms with E-state index in [9.17, 15) is 22.8 Å². The number of aromatic nitrogens is 1. The highest BCUT2D eigenvalue weighted by atomic mass is 19.4. The fourth-order valence-electron chi connectivity index (χ4n) is 3.71. The second kappa shape index (κ2) is 8.31. The van der Waals surface area contributed by atoms with Crippen LogP contribution in [0.3, 0.4) is 0 Å². The minimum atomic E-state index is -4.88. The van der Waals surface area contributed by atoms with Crippen molar-refractivity contribution >= 4 is 29.9 Å². The number of nitriles is 1. The molecule has 0 bridgehead atoms. The number of dihydropyridines is 1. The van der Waals surface area contributed by atoms with Gasteiger partial charge in [0.15, 0.2) is 0 Å². The number of hydrogen-bond donors (Lipinski definition) is 1. The number of aliphatic imine (C=N–C) groups is 2. The van der Waals surface area contributed by atoms with Crippen LogP contribution in [-0.4, -0.2) is 48.6 Å². The van der Waals surface area contributed by atoms with Gasteiger partial charge in [0, 0.05) is 12.4 Å². The highest BCUT2D eigenvalue weighted by Gasteiger charge is 2.47. The van der Waals surface area contributed by atoms with Crippen molar-refractivity contribution in [3.8, 4) is 11.9 Å². The molecule has 166 valence electrons. The van der Waals surface area contributed by atoms with E-state index in [4.69, 9.17) is 10.00 Å². The largest absolute Gasteiger partial charge is 0.480 e. The first-order valence-corrected chi connectivity index (χ1v) is 9.51. The van der Waals surface area contributed by atoms with Crippen molar-refractivity contribution in [1.82, 2.24) is 4.98 Å². The van der Waals surface area contributed by atoms with E-state index in [0.717, 1.165) is 12.4 Å². The van der Waals surface area contributed by atoms with Crippen molar-refractivity contribution in [2.45, 2.75) is 12.2 Å². The van der Waals surface area contributed by atoms with Gasteiger partial charge in [-0.1, -0.05) is 18.2 Å². The van der Waals surface area contributed by atoms with E-state index in [0.29, 0.717) is 5.57 Å². The number of anilines is 1. The molecule has 33 heavy (non-hydrogen) atoms. The quantitative estimate of drug-likeness (QED) is 0.753. The smallest absolute Gasteiger partial charge is 0.415 e. The van der Waals surface area contributed by atoms with Crippen LogP contribution in [0.2, 0.25) is 0 Å². The number of pyridine rings is 1. The molecule has 0 saturated heterocycles. The number of carbonyl (C=O) groups excluding carboxylic acids is 2. The maximum absolute atomic E-state index is 14.1. The monoisotopic (exact) mass is 453 g/mol. The second-order valence-corrected chi connectivity index (χ2v) is 7.08. The molecule has 1 aromatic heterocycles. The summed E-state index contributed by atoms with van der Waals surface area (Å²) in [7, 11) is 1.30. The molecule has 2 atom stereocenters. The summed E-state index contributed by atoms with van der Waals surface area (Å²) >= 11 is 0. The van der Waals surface area contributed by atoms with Gasteiger partial charge in [0.05, 0.1) is 36.1 Å². The Labute approximate surface area is 185 Å². The van der Waals surface area contributed by atoms with E-state index in [-0.39, 0.29) is 22.7 Å². The molecule has 4 rings (SSSR count). The summed E-state index contributed by atoms with van der Waals surface area (Å²) in [6.45, 7) is 0. The van der Waals surface area contributed by atoms with Crippen molar-refractivity contribution in [2.24, 2.45) is 15.9 Å². The highest BCUT2D eigenvalue weighted by Crippen LogP contribution is 2.42. The highest BCUT2D eigenvalue weighted by molar-refractivity contribution is 6.20. The van der Waals surface area contributed by atoms with E-state index < -0.39 is 41.1 Å². The number of carbonyl (C=O) groups is 2. The average molecular weight is 453 g/mol. The fourth-order valence-corrected chi connectivity index (χ4v) is 3.71. The van der Waals surface area contributed by atoms with E-state index in [1.165, 1.54) is 37.6 Å². The van der Waals surface area contributed by atoms with Crippen LogP contribution in [0.15, 0.2) is 68.8 Å². The van der Waals surface area contributed by atoms with Gasteiger partial charge < -0.3 is 10.1 Å². The molecular formula is C22H14F3N5O3. The second-order valence-electron chi connectivity index (χ2n) is 7.08. The Kier molecular flexibility index (Phi) is 5.51. The fraction of sp³-hybridized carbons (Fsp3) is 0.182. The van der Waals surface area contributed by atoms with Crippen LogP contribution in [-0.2, 0) is 9.59 Å². The van der Waals surface area contributed by atoms with Gasteiger partial charge >= 0.3 is 6.18 Å². The van der Waals surface area contributed by atoms with Gasteiger partial charge in [0.1, 0.15) is 17.7 Å². The number of methoxy groups -OCH3 is 1. The Morgan fingerprint density at radius 1 is 1.27 bits per heavy atom.